The first-order valence-electron chi connectivity index (χ1n) is 17.7. The fourth-order valence-electron chi connectivity index (χ4n) is 7.47. The van der Waals surface area contributed by atoms with Crippen LogP contribution in [0.15, 0.2) is 194 Å². The van der Waals surface area contributed by atoms with Gasteiger partial charge in [0, 0.05) is 32.7 Å². The van der Waals surface area contributed by atoms with Crippen LogP contribution in [0.3, 0.4) is 0 Å². The summed E-state index contributed by atoms with van der Waals surface area (Å²) < 4.78 is 0. The molecule has 2 nitrogen and oxygen atoms in total. The smallest absolute Gasteiger partial charge is 0.0788 e. The first kappa shape index (κ1) is 30.0. The summed E-state index contributed by atoms with van der Waals surface area (Å²) in [6.07, 6.45) is 0. The highest BCUT2D eigenvalue weighted by atomic mass is 14.7. The van der Waals surface area contributed by atoms with Crippen molar-refractivity contribution in [1.82, 2.24) is 9.97 Å². The third-order valence-electron chi connectivity index (χ3n) is 10.2. The van der Waals surface area contributed by atoms with Gasteiger partial charge in [0.2, 0.25) is 0 Å². The van der Waals surface area contributed by atoms with E-state index in [-0.39, 0.29) is 0 Å². The molecule has 8 aromatic carbocycles. The Kier molecular flexibility index (Phi) is 7.18. The fourth-order valence-corrected chi connectivity index (χ4v) is 7.47. The van der Waals surface area contributed by atoms with E-state index in [4.69, 9.17) is 9.97 Å². The van der Waals surface area contributed by atoms with Crippen LogP contribution in [0.1, 0.15) is 0 Å². The van der Waals surface area contributed by atoms with Gasteiger partial charge < -0.3 is 0 Å². The molecule has 0 aliphatic heterocycles. The van der Waals surface area contributed by atoms with Gasteiger partial charge in [-0.15, -0.1) is 0 Å². The normalized spacial score (nSPS) is 11.5. The Bertz CT molecular complexity index is 2740. The zero-order chi connectivity index (χ0) is 34.4. The molecule has 2 aromatic heterocycles. The van der Waals surface area contributed by atoms with Crippen molar-refractivity contribution < 1.29 is 0 Å². The quantitative estimate of drug-likeness (QED) is 0.172. The lowest BCUT2D eigenvalue weighted by molar-refractivity contribution is 1.40. The second-order valence-electron chi connectivity index (χ2n) is 13.4. The molecule has 0 aliphatic carbocycles. The Morgan fingerprint density at radius 1 is 0.231 bits per heavy atom. The van der Waals surface area contributed by atoms with Crippen molar-refractivity contribution in [2.24, 2.45) is 0 Å². The monoisotopic (exact) mass is 660 g/mol. The number of pyridine rings is 2. The molecule has 0 spiro atoms. The van der Waals surface area contributed by atoms with Gasteiger partial charge in [0.25, 0.3) is 0 Å². The largest absolute Gasteiger partial charge is 0.247 e. The predicted octanol–water partition coefficient (Wildman–Crippen LogP) is 13.4. The first-order chi connectivity index (χ1) is 25.7. The van der Waals surface area contributed by atoms with Crippen LogP contribution in [0.2, 0.25) is 0 Å². The van der Waals surface area contributed by atoms with Crippen molar-refractivity contribution in [3.05, 3.63) is 194 Å². The summed E-state index contributed by atoms with van der Waals surface area (Å²) in [4.78, 5) is 10.6. The van der Waals surface area contributed by atoms with E-state index in [1.54, 1.807) is 0 Å². The molecule has 0 bridgehead atoms. The van der Waals surface area contributed by atoms with Gasteiger partial charge in [-0.3, -0.25) is 0 Å². The molecule has 0 amide bonds. The van der Waals surface area contributed by atoms with Crippen LogP contribution in [0, 0.1) is 0 Å². The SMILES string of the molecule is c1ccc(-c2ccc3ccc4ccc(-c5cccc(-c6cccc(-c7ccc8ccc9ccc(-c%10ccccc%10)cc9c8n7)c6)c5)nc4c3c2)cc1. The summed E-state index contributed by atoms with van der Waals surface area (Å²) in [6.45, 7) is 0. The van der Waals surface area contributed by atoms with Crippen molar-refractivity contribution in [1.29, 1.82) is 0 Å². The van der Waals surface area contributed by atoms with Crippen molar-refractivity contribution in [3.8, 4) is 55.9 Å². The van der Waals surface area contributed by atoms with E-state index in [0.717, 1.165) is 66.2 Å². The van der Waals surface area contributed by atoms with E-state index in [2.05, 4.69) is 194 Å². The molecular formula is C50H32N2. The van der Waals surface area contributed by atoms with Crippen LogP contribution in [0.25, 0.3) is 99.2 Å². The summed E-state index contributed by atoms with van der Waals surface area (Å²) in [5.74, 6) is 0. The molecule has 0 aliphatic rings. The lowest BCUT2D eigenvalue weighted by Gasteiger charge is -2.11. The fraction of sp³-hybridized carbons (Fsp3) is 0. The maximum Gasteiger partial charge on any atom is 0.0788 e. The van der Waals surface area contributed by atoms with Gasteiger partial charge in [-0.2, -0.15) is 0 Å². The van der Waals surface area contributed by atoms with Crippen LogP contribution in [-0.2, 0) is 0 Å². The minimum Gasteiger partial charge on any atom is -0.247 e. The number of fused-ring (bicyclic) bond motifs is 6. The van der Waals surface area contributed by atoms with Crippen molar-refractivity contribution >= 4 is 43.4 Å². The van der Waals surface area contributed by atoms with E-state index in [0.29, 0.717) is 0 Å². The number of hydrogen-bond acceptors (Lipinski definition) is 2. The second-order valence-corrected chi connectivity index (χ2v) is 13.4. The van der Waals surface area contributed by atoms with E-state index in [1.807, 2.05) is 0 Å². The topological polar surface area (TPSA) is 25.8 Å². The third kappa shape index (κ3) is 5.39. The Morgan fingerprint density at radius 2 is 0.577 bits per heavy atom. The standard InChI is InChI=1S/C50H32N2/c1-3-9-33(10-4-1)41-23-19-35-17-21-37-25-27-47(51-49(37)45(35)31-41)43-15-7-13-39(29-43)40-14-8-16-44(30-40)48-28-26-38-22-18-36-20-24-42(32-46(36)50(38)52-48)34-11-5-2-6-12-34/h1-32H. The number of aromatic nitrogens is 2. The number of hydrogen-bond donors (Lipinski definition) is 0. The highest BCUT2D eigenvalue weighted by Crippen LogP contribution is 2.35. The molecule has 52 heavy (non-hydrogen) atoms. The lowest BCUT2D eigenvalue weighted by atomic mass is 9.97. The highest BCUT2D eigenvalue weighted by molar-refractivity contribution is 6.08. The number of benzene rings is 8. The van der Waals surface area contributed by atoms with Gasteiger partial charge in [-0.05, 0) is 80.6 Å². The molecule has 0 fully saturated rings. The Hall–Kier alpha value is -6.90. The number of rotatable bonds is 5. The molecule has 0 N–H and O–H groups in total. The summed E-state index contributed by atoms with van der Waals surface area (Å²) in [5, 5.41) is 6.98. The molecule has 10 aromatic rings. The second kappa shape index (κ2) is 12.5. The van der Waals surface area contributed by atoms with Gasteiger partial charge in [-0.25, -0.2) is 9.97 Å². The molecule has 0 unspecified atom stereocenters. The Labute approximate surface area is 302 Å². The summed E-state index contributed by atoms with van der Waals surface area (Å²) in [6, 6.07) is 69.2. The van der Waals surface area contributed by atoms with E-state index >= 15 is 0 Å². The van der Waals surface area contributed by atoms with Crippen LogP contribution >= 0.6 is 0 Å². The molecule has 0 atom stereocenters. The molecule has 242 valence electrons. The van der Waals surface area contributed by atoms with Crippen molar-refractivity contribution in [2.45, 2.75) is 0 Å². The van der Waals surface area contributed by atoms with Gasteiger partial charge >= 0.3 is 0 Å². The Balaban J connectivity index is 1.02. The zero-order valence-electron chi connectivity index (χ0n) is 28.4. The van der Waals surface area contributed by atoms with Crippen molar-refractivity contribution in [2.75, 3.05) is 0 Å². The Morgan fingerprint density at radius 3 is 1.04 bits per heavy atom. The molecule has 2 heterocycles. The molecule has 10 rings (SSSR count). The first-order valence-corrected chi connectivity index (χ1v) is 17.7. The molecular weight excluding hydrogens is 629 g/mol. The molecule has 0 saturated carbocycles. The van der Waals surface area contributed by atoms with Gasteiger partial charge in [0.1, 0.15) is 0 Å². The van der Waals surface area contributed by atoms with Crippen LogP contribution < -0.4 is 0 Å². The average Bonchev–Trinajstić information content (AvgIpc) is 3.23. The van der Waals surface area contributed by atoms with Crippen LogP contribution in [0.5, 0.6) is 0 Å². The maximum atomic E-state index is 5.28. The molecule has 0 radical (unpaired) electrons. The number of nitrogens with zero attached hydrogens (tertiary/aromatic N) is 2. The molecule has 2 heteroatoms. The van der Waals surface area contributed by atoms with Gasteiger partial charge in [-0.1, -0.05) is 158 Å². The maximum absolute atomic E-state index is 5.28. The van der Waals surface area contributed by atoms with E-state index in [1.165, 1.54) is 33.0 Å². The van der Waals surface area contributed by atoms with Gasteiger partial charge in [0.05, 0.1) is 22.4 Å². The predicted molar refractivity (Wildman–Crippen MR) is 219 cm³/mol. The van der Waals surface area contributed by atoms with Gasteiger partial charge in [0.15, 0.2) is 0 Å². The minimum absolute atomic E-state index is 0.959. The van der Waals surface area contributed by atoms with E-state index < -0.39 is 0 Å². The van der Waals surface area contributed by atoms with Crippen molar-refractivity contribution in [3.63, 3.8) is 0 Å². The average molecular weight is 661 g/mol. The van der Waals surface area contributed by atoms with E-state index in [9.17, 15) is 0 Å². The zero-order valence-corrected chi connectivity index (χ0v) is 28.4. The summed E-state index contributed by atoms with van der Waals surface area (Å²) in [5.41, 5.74) is 13.2. The van der Waals surface area contributed by atoms with Crippen LogP contribution in [-0.4, -0.2) is 9.97 Å². The lowest BCUT2D eigenvalue weighted by Crippen LogP contribution is -1.90. The van der Waals surface area contributed by atoms with Crippen LogP contribution in [0.4, 0.5) is 0 Å². The molecule has 0 saturated heterocycles. The minimum atomic E-state index is 0.959. The highest BCUT2D eigenvalue weighted by Gasteiger charge is 2.11. The third-order valence-corrected chi connectivity index (χ3v) is 10.2. The summed E-state index contributed by atoms with van der Waals surface area (Å²) >= 11 is 0. The summed E-state index contributed by atoms with van der Waals surface area (Å²) in [7, 11) is 0.